The van der Waals surface area contributed by atoms with E-state index >= 15 is 0 Å². The summed E-state index contributed by atoms with van der Waals surface area (Å²) >= 11 is 0. The van der Waals surface area contributed by atoms with Gasteiger partial charge in [0.05, 0.1) is 0 Å². The van der Waals surface area contributed by atoms with Gasteiger partial charge < -0.3 is 0 Å². The van der Waals surface area contributed by atoms with Gasteiger partial charge in [-0.2, -0.15) is 0 Å². The Hall–Kier alpha value is -6.02. The van der Waals surface area contributed by atoms with E-state index in [1.807, 2.05) is 6.07 Å². The van der Waals surface area contributed by atoms with Crippen LogP contribution < -0.4 is 20.7 Å². The molecule has 0 amide bonds. The van der Waals surface area contributed by atoms with Crippen LogP contribution in [0.2, 0.25) is 26.2 Å². The summed E-state index contributed by atoms with van der Waals surface area (Å²) in [5.74, 6) is 2.10. The Balaban J connectivity index is 1.17. The zero-order valence-corrected chi connectivity index (χ0v) is 33.4. The number of hydrogen-bond donors (Lipinski definition) is 0. The number of aromatic nitrogens is 3. The molecule has 0 spiro atoms. The quantitative estimate of drug-likeness (QED) is 0.166. The first kappa shape index (κ1) is 32.6. The van der Waals surface area contributed by atoms with Gasteiger partial charge in [-0.05, 0) is 0 Å². The number of benzene rings is 7. The second-order valence-electron chi connectivity index (χ2n) is 16.3. The summed E-state index contributed by atoms with van der Waals surface area (Å²) < 4.78 is 0. The van der Waals surface area contributed by atoms with Crippen molar-refractivity contribution in [2.24, 2.45) is 0 Å². The molecule has 0 bridgehead atoms. The minimum absolute atomic E-state index is 0.688. The van der Waals surface area contributed by atoms with Gasteiger partial charge in [-0.25, -0.2) is 0 Å². The van der Waals surface area contributed by atoms with E-state index in [9.17, 15) is 0 Å². The van der Waals surface area contributed by atoms with E-state index in [0.29, 0.717) is 17.5 Å². The van der Waals surface area contributed by atoms with Crippen molar-refractivity contribution in [3.05, 3.63) is 164 Å². The van der Waals surface area contributed by atoms with Gasteiger partial charge in [0.1, 0.15) is 0 Å². The van der Waals surface area contributed by atoms with E-state index in [0.717, 1.165) is 16.7 Å². The van der Waals surface area contributed by atoms with Crippen molar-refractivity contribution in [3.63, 3.8) is 0 Å². The van der Waals surface area contributed by atoms with Gasteiger partial charge in [0.2, 0.25) is 0 Å². The van der Waals surface area contributed by atoms with Crippen molar-refractivity contribution < 1.29 is 0 Å². The molecule has 2 aliphatic heterocycles. The number of nitrogens with zero attached hydrogens (tertiary/aromatic N) is 3. The van der Waals surface area contributed by atoms with Gasteiger partial charge >= 0.3 is 320 Å². The van der Waals surface area contributed by atoms with Crippen molar-refractivity contribution in [1.29, 1.82) is 0 Å². The predicted molar refractivity (Wildman–Crippen MR) is 234 cm³/mol. The fourth-order valence-corrected chi connectivity index (χ4v) is 17.1. The van der Waals surface area contributed by atoms with Crippen molar-refractivity contribution in [2.75, 3.05) is 0 Å². The Morgan fingerprint density at radius 2 is 0.778 bits per heavy atom. The topological polar surface area (TPSA) is 38.7 Å². The third-order valence-corrected chi connectivity index (χ3v) is 20.4. The molecule has 3 heterocycles. The van der Waals surface area contributed by atoms with Gasteiger partial charge in [0.15, 0.2) is 0 Å². The predicted octanol–water partition coefficient (Wildman–Crippen LogP) is 9.28. The molecule has 262 valence electrons. The molecule has 8 aromatic rings. The molecular weight excluding hydrogens is 687 g/mol. The Labute approximate surface area is 319 Å². The van der Waals surface area contributed by atoms with Gasteiger partial charge in [-0.1, -0.05) is 0 Å². The number of fused-ring (bicyclic) bond motifs is 6. The number of hydrogen-bond acceptors (Lipinski definition) is 3. The Kier molecular flexibility index (Phi) is 7.41. The molecule has 2 aliphatic rings. The molecule has 7 aromatic carbocycles. The van der Waals surface area contributed by atoms with E-state index in [-0.39, 0.29) is 0 Å². The van der Waals surface area contributed by atoms with E-state index in [2.05, 4.69) is 184 Å². The third kappa shape index (κ3) is 5.03. The van der Waals surface area contributed by atoms with Crippen LogP contribution in [0.25, 0.3) is 78.7 Å². The molecule has 3 nitrogen and oxygen atoms in total. The zero-order valence-electron chi connectivity index (χ0n) is 31.1. The van der Waals surface area contributed by atoms with Crippen LogP contribution in [-0.2, 0) is 0 Å². The molecule has 0 saturated heterocycles. The van der Waals surface area contributed by atoms with Crippen LogP contribution in [0.15, 0.2) is 164 Å². The average Bonchev–Trinajstić information content (AvgIpc) is 3.60. The van der Waals surface area contributed by atoms with Crippen LogP contribution in [0.1, 0.15) is 0 Å². The molecule has 0 unspecified atom stereocenters. The molecule has 10 rings (SSSR count). The Morgan fingerprint density at radius 1 is 0.315 bits per heavy atom. The van der Waals surface area contributed by atoms with Crippen LogP contribution in [0, 0.1) is 0 Å². The van der Waals surface area contributed by atoms with Crippen LogP contribution >= 0.6 is 0 Å². The Bertz CT molecular complexity index is 2760. The first-order valence-corrected chi connectivity index (χ1v) is 26.2. The van der Waals surface area contributed by atoms with Gasteiger partial charge in [0.25, 0.3) is 0 Å². The van der Waals surface area contributed by atoms with Crippen molar-refractivity contribution >= 4 is 36.9 Å². The summed E-state index contributed by atoms with van der Waals surface area (Å²) in [6.07, 6.45) is 0. The summed E-state index contributed by atoms with van der Waals surface area (Å²) in [5.41, 5.74) is 13.5. The summed E-state index contributed by atoms with van der Waals surface area (Å²) in [6, 6.07) is 59.5. The van der Waals surface area contributed by atoms with Crippen molar-refractivity contribution in [3.8, 4) is 78.7 Å². The fraction of sp³-hybridized carbons (Fsp3) is 0.0816. The minimum atomic E-state index is -2.45. The monoisotopic (exact) mass is 727 g/mol. The van der Waals surface area contributed by atoms with Gasteiger partial charge in [-0.3, -0.25) is 0 Å². The SMILES string of the molecule is C[SiH-]1(C)c2cc(-c3ccccc3)ccc2-c2ccc(-c3nc(-c4ccccc4)nc(-c4ccc5c(c4-c4ccccc4)[SiH-](C)(C)c4ccccc4-5)n3)cc21. The van der Waals surface area contributed by atoms with E-state index in [4.69, 9.17) is 15.0 Å². The summed E-state index contributed by atoms with van der Waals surface area (Å²) in [4.78, 5) is 15.9. The third-order valence-electron chi connectivity index (χ3n) is 12.3. The van der Waals surface area contributed by atoms with Crippen molar-refractivity contribution in [2.45, 2.75) is 26.2 Å². The van der Waals surface area contributed by atoms with Crippen LogP contribution in [0.5, 0.6) is 0 Å². The van der Waals surface area contributed by atoms with E-state index in [1.54, 1.807) is 0 Å². The summed E-state index contributed by atoms with van der Waals surface area (Å²) in [5, 5.41) is 5.96. The van der Waals surface area contributed by atoms with Crippen LogP contribution in [0.3, 0.4) is 0 Å². The second-order valence-corrected chi connectivity index (χ2v) is 26.2. The maximum atomic E-state index is 5.40. The standard InChI is InChI=1S/C49H41N3Si2/c1-53(2)43-30-35(32-16-8-5-9-17-32)24-26-38(43)39-27-25-36(31-44(39)53)48-50-47(34-20-12-7-13-21-34)51-49(52-48)41-29-28-40-37-22-14-15-23-42(37)54(3,4)46(40)45(41)33-18-10-6-11-19-33/h5-31,53-54H,1-4H3/q-2. The van der Waals surface area contributed by atoms with Crippen LogP contribution in [-0.4, -0.2) is 31.1 Å². The molecule has 0 aliphatic carbocycles. The molecule has 54 heavy (non-hydrogen) atoms. The number of rotatable bonds is 5. The van der Waals surface area contributed by atoms with Gasteiger partial charge in [0, 0.05) is 0 Å². The average molecular weight is 728 g/mol. The molecule has 0 atom stereocenters. The molecule has 5 heteroatoms. The molecular formula is C49H41N3Si2-2. The first-order valence-electron chi connectivity index (χ1n) is 19.3. The van der Waals surface area contributed by atoms with E-state index < -0.39 is 16.1 Å². The van der Waals surface area contributed by atoms with Crippen LogP contribution in [0.4, 0.5) is 0 Å². The molecule has 1 aromatic heterocycles. The zero-order chi connectivity index (χ0) is 36.6. The summed E-state index contributed by atoms with van der Waals surface area (Å²) in [6.45, 7) is 10.0. The summed E-state index contributed by atoms with van der Waals surface area (Å²) in [7, 11) is -4.86. The molecule has 0 radical (unpaired) electrons. The van der Waals surface area contributed by atoms with E-state index in [1.165, 1.54) is 65.3 Å². The normalized spacial score (nSPS) is 15.4. The second kappa shape index (κ2) is 12.3. The first-order chi connectivity index (χ1) is 26.3. The Morgan fingerprint density at radius 3 is 1.44 bits per heavy atom. The fourth-order valence-electron chi connectivity index (χ4n) is 9.50. The maximum absolute atomic E-state index is 5.40. The van der Waals surface area contributed by atoms with Gasteiger partial charge in [-0.15, -0.1) is 0 Å². The van der Waals surface area contributed by atoms with Crippen molar-refractivity contribution in [1.82, 2.24) is 15.0 Å². The molecule has 0 fully saturated rings. The molecule has 0 saturated carbocycles. The molecule has 0 N–H and O–H groups in total.